The molecule has 0 aromatic heterocycles. The van der Waals surface area contributed by atoms with Crippen LogP contribution in [0.25, 0.3) is 0 Å². The van der Waals surface area contributed by atoms with Crippen molar-refractivity contribution in [2.24, 2.45) is 0 Å². The summed E-state index contributed by atoms with van der Waals surface area (Å²) in [6, 6.07) is 13.0. The zero-order chi connectivity index (χ0) is 15.2. The summed E-state index contributed by atoms with van der Waals surface area (Å²) in [5.41, 5.74) is 2.79. The molecule has 1 atom stereocenters. The number of halogens is 3. The van der Waals surface area contributed by atoms with E-state index in [9.17, 15) is 4.39 Å². The summed E-state index contributed by atoms with van der Waals surface area (Å²) >= 11 is 12.5. The minimum atomic E-state index is -0.298. The third-order valence-corrected chi connectivity index (χ3v) is 4.37. The second-order valence-corrected chi connectivity index (χ2v) is 6.15. The van der Waals surface area contributed by atoms with Crippen LogP contribution in [0, 0.1) is 5.82 Å². The molecular formula is C18H19Cl2F. The van der Waals surface area contributed by atoms with Crippen LogP contribution in [0.15, 0.2) is 42.5 Å². The van der Waals surface area contributed by atoms with Crippen molar-refractivity contribution in [2.45, 2.75) is 38.0 Å². The lowest BCUT2D eigenvalue weighted by molar-refractivity contribution is 0.607. The maximum Gasteiger partial charge on any atom is 0.127 e. The molecular weight excluding hydrogens is 306 g/mol. The van der Waals surface area contributed by atoms with Crippen LogP contribution in [-0.4, -0.2) is 0 Å². The van der Waals surface area contributed by atoms with Gasteiger partial charge in [-0.1, -0.05) is 55.3 Å². The van der Waals surface area contributed by atoms with Gasteiger partial charge in [0.2, 0.25) is 0 Å². The summed E-state index contributed by atoms with van der Waals surface area (Å²) in [5.74, 6) is -0.298. The van der Waals surface area contributed by atoms with E-state index in [1.54, 1.807) is 12.1 Å². The molecule has 3 heteroatoms. The van der Waals surface area contributed by atoms with Gasteiger partial charge in [-0.2, -0.15) is 0 Å². The molecule has 0 radical (unpaired) electrons. The lowest BCUT2D eigenvalue weighted by atomic mass is 10.0. The summed E-state index contributed by atoms with van der Waals surface area (Å²) in [6.45, 7) is 2.18. The van der Waals surface area contributed by atoms with Crippen molar-refractivity contribution in [3.05, 3.63) is 70.0 Å². The van der Waals surface area contributed by atoms with Gasteiger partial charge in [0.05, 0.1) is 5.38 Å². The summed E-state index contributed by atoms with van der Waals surface area (Å²) in [5, 5.41) is 0.153. The van der Waals surface area contributed by atoms with Crippen molar-refractivity contribution >= 4 is 23.2 Å². The third kappa shape index (κ3) is 4.46. The number of alkyl halides is 1. The number of benzene rings is 2. The first-order valence-electron chi connectivity index (χ1n) is 7.27. The Morgan fingerprint density at radius 3 is 2.43 bits per heavy atom. The molecule has 0 saturated carbocycles. The van der Waals surface area contributed by atoms with Crippen LogP contribution in [0.1, 0.15) is 41.8 Å². The normalized spacial score (nSPS) is 12.4. The first-order chi connectivity index (χ1) is 10.1. The van der Waals surface area contributed by atoms with Gasteiger partial charge in [-0.25, -0.2) is 4.39 Å². The first-order valence-corrected chi connectivity index (χ1v) is 8.09. The fourth-order valence-corrected chi connectivity index (χ4v) is 2.84. The molecule has 0 spiro atoms. The fraction of sp³-hybridized carbons (Fsp3) is 0.333. The zero-order valence-electron chi connectivity index (χ0n) is 12.1. The van der Waals surface area contributed by atoms with E-state index in [1.807, 2.05) is 12.1 Å². The van der Waals surface area contributed by atoms with Crippen LogP contribution in [0.5, 0.6) is 0 Å². The van der Waals surface area contributed by atoms with Gasteiger partial charge in [0.1, 0.15) is 5.82 Å². The molecule has 0 aliphatic rings. The highest BCUT2D eigenvalue weighted by molar-refractivity contribution is 6.31. The van der Waals surface area contributed by atoms with E-state index in [2.05, 4.69) is 19.1 Å². The molecule has 21 heavy (non-hydrogen) atoms. The van der Waals surface area contributed by atoms with Gasteiger partial charge in [-0.05, 0) is 42.5 Å². The summed E-state index contributed by atoms with van der Waals surface area (Å²) in [4.78, 5) is 0. The molecule has 0 aliphatic heterocycles. The lowest BCUT2D eigenvalue weighted by Gasteiger charge is -2.12. The van der Waals surface area contributed by atoms with Gasteiger partial charge in [0.25, 0.3) is 0 Å². The van der Waals surface area contributed by atoms with Crippen molar-refractivity contribution in [3.63, 3.8) is 0 Å². The van der Waals surface area contributed by atoms with E-state index in [-0.39, 0.29) is 11.2 Å². The van der Waals surface area contributed by atoms with Crippen LogP contribution in [0.4, 0.5) is 4.39 Å². The molecule has 2 rings (SSSR count). The Balaban J connectivity index is 2.08. The van der Waals surface area contributed by atoms with Gasteiger partial charge in [0, 0.05) is 10.6 Å². The summed E-state index contributed by atoms with van der Waals surface area (Å²) < 4.78 is 13.8. The summed E-state index contributed by atoms with van der Waals surface area (Å²) in [6.07, 6.45) is 3.85. The molecule has 1 unspecified atom stereocenters. The van der Waals surface area contributed by atoms with Crippen molar-refractivity contribution in [3.8, 4) is 0 Å². The molecule has 2 aromatic carbocycles. The molecule has 2 aromatic rings. The number of hydrogen-bond acceptors (Lipinski definition) is 0. The molecule has 0 saturated heterocycles. The second-order valence-electron chi connectivity index (χ2n) is 5.22. The molecule has 112 valence electrons. The minimum absolute atomic E-state index is 0.278. The molecule has 0 aliphatic carbocycles. The van der Waals surface area contributed by atoms with Gasteiger partial charge in [0.15, 0.2) is 0 Å². The summed E-state index contributed by atoms with van der Waals surface area (Å²) in [7, 11) is 0. The third-order valence-electron chi connectivity index (χ3n) is 3.61. The van der Waals surface area contributed by atoms with Crippen molar-refractivity contribution in [1.29, 1.82) is 0 Å². The van der Waals surface area contributed by atoms with Crippen molar-refractivity contribution in [2.75, 3.05) is 0 Å². The van der Waals surface area contributed by atoms with Crippen LogP contribution in [0.3, 0.4) is 0 Å². The Morgan fingerprint density at radius 2 is 1.81 bits per heavy atom. The van der Waals surface area contributed by atoms with E-state index in [0.717, 1.165) is 12.0 Å². The largest absolute Gasteiger partial charge is 0.207 e. The Morgan fingerprint density at radius 1 is 1.10 bits per heavy atom. The highest BCUT2D eigenvalue weighted by atomic mass is 35.5. The zero-order valence-corrected chi connectivity index (χ0v) is 13.6. The van der Waals surface area contributed by atoms with E-state index < -0.39 is 0 Å². The molecule has 0 amide bonds. The molecule has 0 nitrogen and oxygen atoms in total. The van der Waals surface area contributed by atoms with Gasteiger partial charge in [-0.3, -0.25) is 0 Å². The SMILES string of the molecule is CCCCc1ccc(C(Cl)Cc2c(F)cccc2Cl)cc1. The maximum absolute atomic E-state index is 13.8. The number of rotatable bonds is 6. The van der Waals surface area contributed by atoms with Crippen molar-refractivity contribution < 1.29 is 4.39 Å². The van der Waals surface area contributed by atoms with Gasteiger partial charge < -0.3 is 0 Å². The number of aryl methyl sites for hydroxylation is 1. The fourth-order valence-electron chi connectivity index (χ4n) is 2.30. The standard InChI is InChI=1S/C18H19Cl2F/c1-2-3-5-13-8-10-14(11-9-13)17(20)12-15-16(19)6-4-7-18(15)21/h4,6-11,17H,2-3,5,12H2,1H3. The average molecular weight is 325 g/mol. The Hall–Kier alpha value is -1.05. The molecule has 0 fully saturated rings. The lowest BCUT2D eigenvalue weighted by Crippen LogP contribution is -2.00. The Kier molecular flexibility index (Phi) is 6.08. The predicted octanol–water partition coefficient (Wildman–Crippen LogP) is 6.34. The molecule has 0 N–H and O–H groups in total. The average Bonchev–Trinajstić information content (AvgIpc) is 2.49. The van der Waals surface area contributed by atoms with E-state index >= 15 is 0 Å². The highest BCUT2D eigenvalue weighted by Gasteiger charge is 2.14. The Bertz CT molecular complexity index is 558. The number of hydrogen-bond donors (Lipinski definition) is 0. The molecule has 0 bridgehead atoms. The van der Waals surface area contributed by atoms with Gasteiger partial charge >= 0.3 is 0 Å². The van der Waals surface area contributed by atoms with Crippen molar-refractivity contribution in [1.82, 2.24) is 0 Å². The van der Waals surface area contributed by atoms with E-state index in [1.165, 1.54) is 24.5 Å². The minimum Gasteiger partial charge on any atom is -0.207 e. The smallest absolute Gasteiger partial charge is 0.127 e. The quantitative estimate of drug-likeness (QED) is 0.543. The van der Waals surface area contributed by atoms with Crippen LogP contribution in [0.2, 0.25) is 5.02 Å². The van der Waals surface area contributed by atoms with E-state index in [0.29, 0.717) is 17.0 Å². The monoisotopic (exact) mass is 324 g/mol. The predicted molar refractivity (Wildman–Crippen MR) is 88.8 cm³/mol. The maximum atomic E-state index is 13.8. The first kappa shape index (κ1) is 16.3. The molecule has 0 heterocycles. The number of unbranched alkanes of at least 4 members (excludes halogenated alkanes) is 1. The topological polar surface area (TPSA) is 0 Å². The second kappa shape index (κ2) is 7.82. The van der Waals surface area contributed by atoms with Crippen LogP contribution >= 0.6 is 23.2 Å². The van der Waals surface area contributed by atoms with Crippen LogP contribution < -0.4 is 0 Å². The Labute approximate surface area is 135 Å². The van der Waals surface area contributed by atoms with Crippen LogP contribution in [-0.2, 0) is 12.8 Å². The van der Waals surface area contributed by atoms with Gasteiger partial charge in [-0.15, -0.1) is 11.6 Å². The highest BCUT2D eigenvalue weighted by Crippen LogP contribution is 2.30. The van der Waals surface area contributed by atoms with E-state index in [4.69, 9.17) is 23.2 Å².